The lowest BCUT2D eigenvalue weighted by Crippen LogP contribution is -2.55. The zero-order valence-corrected chi connectivity index (χ0v) is 15.4. The molecule has 1 aromatic heterocycles. The second-order valence-electron chi connectivity index (χ2n) is 7.25. The van der Waals surface area contributed by atoms with Crippen LogP contribution in [-0.2, 0) is 17.4 Å². The van der Waals surface area contributed by atoms with Gasteiger partial charge in [0.1, 0.15) is 13.2 Å². The summed E-state index contributed by atoms with van der Waals surface area (Å²) in [6.45, 7) is 9.41. The highest BCUT2D eigenvalue weighted by Crippen LogP contribution is 2.52. The van der Waals surface area contributed by atoms with Crippen molar-refractivity contribution < 1.29 is 8.96 Å². The molecule has 0 radical (unpaired) electrons. The largest absolute Gasteiger partial charge is 0.250 e. The van der Waals surface area contributed by atoms with Gasteiger partial charge in [-0.1, -0.05) is 45.9 Å². The lowest BCUT2D eigenvalue weighted by molar-refractivity contribution is -0.697. The van der Waals surface area contributed by atoms with Gasteiger partial charge in [-0.25, -0.2) is 4.39 Å². The molecule has 0 amide bonds. The predicted molar refractivity (Wildman–Crippen MR) is 98.0 cm³/mol. The molecule has 2 heteroatoms. The summed E-state index contributed by atoms with van der Waals surface area (Å²) in [6, 6.07) is 15.1. The summed E-state index contributed by atoms with van der Waals surface area (Å²) < 4.78 is 17.2. The number of fused-ring (bicyclic) bond motifs is 4. The van der Waals surface area contributed by atoms with Gasteiger partial charge in [0.05, 0.1) is 5.41 Å². The number of hydrogen-bond donors (Lipinski definition) is 0. The molecule has 24 heavy (non-hydrogen) atoms. The van der Waals surface area contributed by atoms with Crippen molar-refractivity contribution in [3.63, 3.8) is 0 Å². The van der Waals surface area contributed by atoms with E-state index in [0.29, 0.717) is 0 Å². The standard InChI is InChI=1S/C22H29FN/c1-5-15-24-19-13-10-14-20(24)22(7-3,16-23)21(4,6-2)18-12-9-8-11-17(18)19/h8-14H,5-7,15-16H2,1-4H3/q+1. The molecule has 3 rings (SSSR count). The molecule has 2 bridgehead atoms. The molecular weight excluding hydrogens is 297 g/mol. The Labute approximate surface area is 145 Å². The maximum Gasteiger partial charge on any atom is 0.213 e. The van der Waals surface area contributed by atoms with Crippen molar-refractivity contribution in [2.75, 3.05) is 6.67 Å². The van der Waals surface area contributed by atoms with Crippen LogP contribution in [0.1, 0.15) is 58.2 Å². The van der Waals surface area contributed by atoms with Crippen molar-refractivity contribution >= 4 is 0 Å². The van der Waals surface area contributed by atoms with Crippen molar-refractivity contribution in [3.8, 4) is 11.3 Å². The number of halogens is 1. The summed E-state index contributed by atoms with van der Waals surface area (Å²) in [5.74, 6) is 0. The number of pyridine rings is 1. The first-order chi connectivity index (χ1) is 11.6. The van der Waals surface area contributed by atoms with E-state index in [9.17, 15) is 4.39 Å². The van der Waals surface area contributed by atoms with Gasteiger partial charge in [0.25, 0.3) is 0 Å². The maximum absolute atomic E-state index is 14.8. The molecule has 2 heterocycles. The fourth-order valence-electron chi connectivity index (χ4n) is 4.80. The minimum atomic E-state index is -0.487. The summed E-state index contributed by atoms with van der Waals surface area (Å²) in [5.41, 5.74) is 4.23. The summed E-state index contributed by atoms with van der Waals surface area (Å²) >= 11 is 0. The summed E-state index contributed by atoms with van der Waals surface area (Å²) in [5, 5.41) is 0. The third kappa shape index (κ3) is 2.08. The first kappa shape index (κ1) is 17.1. The molecule has 2 unspecified atom stereocenters. The molecule has 0 spiro atoms. The molecule has 0 N–H and O–H groups in total. The van der Waals surface area contributed by atoms with Crippen LogP contribution in [-0.4, -0.2) is 6.67 Å². The van der Waals surface area contributed by atoms with E-state index in [-0.39, 0.29) is 12.1 Å². The van der Waals surface area contributed by atoms with E-state index in [1.54, 1.807) is 0 Å². The number of nitrogens with zero attached hydrogens (tertiary/aromatic N) is 1. The van der Waals surface area contributed by atoms with Crippen molar-refractivity contribution in [2.24, 2.45) is 0 Å². The Bertz CT molecular complexity index is 732. The molecule has 1 aliphatic rings. The number of rotatable bonds is 5. The van der Waals surface area contributed by atoms with E-state index in [2.05, 4.69) is 74.7 Å². The Kier molecular flexibility index (Phi) is 4.50. The number of hydrogen-bond acceptors (Lipinski definition) is 0. The first-order valence-corrected chi connectivity index (χ1v) is 9.28. The van der Waals surface area contributed by atoms with E-state index in [0.717, 1.165) is 31.5 Å². The van der Waals surface area contributed by atoms with Crippen LogP contribution in [0.5, 0.6) is 0 Å². The normalized spacial score (nSPS) is 25.2. The molecule has 128 valence electrons. The van der Waals surface area contributed by atoms with Crippen LogP contribution in [0.4, 0.5) is 4.39 Å². The van der Waals surface area contributed by atoms with Crippen LogP contribution < -0.4 is 4.57 Å². The Balaban J connectivity index is 2.49. The lowest BCUT2D eigenvalue weighted by atomic mass is 9.57. The van der Waals surface area contributed by atoms with E-state index >= 15 is 0 Å². The molecule has 2 aromatic rings. The molecule has 0 fully saturated rings. The van der Waals surface area contributed by atoms with E-state index in [4.69, 9.17) is 0 Å². The van der Waals surface area contributed by atoms with E-state index in [1.807, 2.05) is 0 Å². The highest BCUT2D eigenvalue weighted by molar-refractivity contribution is 5.65. The van der Waals surface area contributed by atoms with Crippen LogP contribution in [0.25, 0.3) is 11.3 Å². The molecule has 2 atom stereocenters. The maximum atomic E-state index is 14.8. The van der Waals surface area contributed by atoms with Crippen LogP contribution in [0, 0.1) is 0 Å². The van der Waals surface area contributed by atoms with Gasteiger partial charge in [-0.2, -0.15) is 4.57 Å². The monoisotopic (exact) mass is 326 g/mol. The van der Waals surface area contributed by atoms with Gasteiger partial charge in [-0.05, 0) is 30.5 Å². The molecule has 1 nitrogen and oxygen atoms in total. The number of aromatic nitrogens is 1. The zero-order valence-electron chi connectivity index (χ0n) is 15.4. The highest BCUT2D eigenvalue weighted by Gasteiger charge is 2.56. The fraction of sp³-hybridized carbons (Fsp3) is 0.500. The Morgan fingerprint density at radius 1 is 0.958 bits per heavy atom. The Hall–Kier alpha value is -1.70. The van der Waals surface area contributed by atoms with Gasteiger partial charge in [0.2, 0.25) is 5.69 Å². The summed E-state index contributed by atoms with van der Waals surface area (Å²) in [7, 11) is 0. The van der Waals surface area contributed by atoms with E-state index in [1.165, 1.54) is 16.8 Å². The molecular formula is C22H29FN+. The fourth-order valence-corrected chi connectivity index (χ4v) is 4.80. The number of alkyl halides is 1. The minimum Gasteiger partial charge on any atom is -0.250 e. The summed E-state index contributed by atoms with van der Waals surface area (Å²) in [6.07, 6.45) is 2.77. The molecule has 0 saturated heterocycles. The molecule has 1 aliphatic heterocycles. The van der Waals surface area contributed by atoms with Gasteiger partial charge in [-0.3, -0.25) is 0 Å². The number of benzene rings is 1. The third-order valence-corrected chi connectivity index (χ3v) is 6.42. The quantitative estimate of drug-likeness (QED) is 0.652. The van der Waals surface area contributed by atoms with Gasteiger partial charge < -0.3 is 0 Å². The van der Waals surface area contributed by atoms with Crippen LogP contribution >= 0.6 is 0 Å². The average molecular weight is 326 g/mol. The average Bonchev–Trinajstić information content (AvgIpc) is 2.66. The predicted octanol–water partition coefficient (Wildman–Crippen LogP) is 5.35. The van der Waals surface area contributed by atoms with Crippen LogP contribution in [0.3, 0.4) is 0 Å². The SMILES string of the molecule is CCC[n+]1c2cccc1C(CC)(CF)C(C)(CC)c1ccccc1-2. The first-order valence-electron chi connectivity index (χ1n) is 9.28. The van der Waals surface area contributed by atoms with Crippen molar-refractivity contribution in [1.29, 1.82) is 0 Å². The van der Waals surface area contributed by atoms with Gasteiger partial charge in [-0.15, -0.1) is 0 Å². The Morgan fingerprint density at radius 2 is 1.71 bits per heavy atom. The lowest BCUT2D eigenvalue weighted by Gasteiger charge is -2.44. The van der Waals surface area contributed by atoms with Crippen LogP contribution in [0.2, 0.25) is 0 Å². The van der Waals surface area contributed by atoms with Crippen LogP contribution in [0.15, 0.2) is 42.5 Å². The molecule has 0 saturated carbocycles. The molecule has 0 aliphatic carbocycles. The van der Waals surface area contributed by atoms with Gasteiger partial charge in [0, 0.05) is 29.5 Å². The zero-order chi connectivity index (χ0) is 17.4. The topological polar surface area (TPSA) is 3.88 Å². The van der Waals surface area contributed by atoms with Crippen molar-refractivity contribution in [3.05, 3.63) is 53.7 Å². The second-order valence-corrected chi connectivity index (χ2v) is 7.25. The smallest absolute Gasteiger partial charge is 0.213 e. The summed E-state index contributed by atoms with van der Waals surface area (Å²) in [4.78, 5) is 0. The van der Waals surface area contributed by atoms with Crippen molar-refractivity contribution in [2.45, 2.75) is 64.3 Å². The van der Waals surface area contributed by atoms with Crippen molar-refractivity contribution in [1.82, 2.24) is 0 Å². The van der Waals surface area contributed by atoms with E-state index < -0.39 is 5.41 Å². The molecule has 1 aromatic carbocycles. The van der Waals surface area contributed by atoms with Gasteiger partial charge >= 0.3 is 0 Å². The Morgan fingerprint density at radius 3 is 2.33 bits per heavy atom. The minimum absolute atomic E-state index is 0.224. The highest BCUT2D eigenvalue weighted by atomic mass is 19.1. The second kappa shape index (κ2) is 6.31. The van der Waals surface area contributed by atoms with Gasteiger partial charge in [0.15, 0.2) is 5.69 Å². The third-order valence-electron chi connectivity index (χ3n) is 6.42.